The SMILES string of the molecule is CCOc1ccccc1Oc1c(C)oc2c(CN3CCC[C@H](C)C3)c(O)ccc2c1=O. The number of hydrogen-bond donors (Lipinski definition) is 1. The molecule has 1 aliphatic rings. The standard InChI is InChI=1S/C25H29NO5/c1-4-29-21-9-5-6-10-22(21)31-24-17(3)30-25-18(23(24)28)11-12-20(27)19(25)15-26-13-7-8-16(2)14-26/h5-6,9-12,16,27H,4,7-8,13-15H2,1-3H3/t16-/m0/s1. The summed E-state index contributed by atoms with van der Waals surface area (Å²) in [4.78, 5) is 15.6. The number of rotatable bonds is 6. The average Bonchev–Trinajstić information content (AvgIpc) is 2.75. The zero-order valence-corrected chi connectivity index (χ0v) is 18.3. The maximum Gasteiger partial charge on any atom is 0.235 e. The third kappa shape index (κ3) is 4.39. The molecule has 0 unspecified atom stereocenters. The molecule has 31 heavy (non-hydrogen) atoms. The van der Waals surface area contributed by atoms with E-state index in [1.165, 1.54) is 6.42 Å². The number of benzene rings is 2. The van der Waals surface area contributed by atoms with Crippen LogP contribution in [0, 0.1) is 12.8 Å². The van der Waals surface area contributed by atoms with Crippen LogP contribution >= 0.6 is 0 Å². The molecule has 1 atom stereocenters. The van der Waals surface area contributed by atoms with E-state index in [2.05, 4.69) is 11.8 Å². The van der Waals surface area contributed by atoms with Crippen molar-refractivity contribution in [3.05, 3.63) is 57.9 Å². The van der Waals surface area contributed by atoms with Crippen molar-refractivity contribution >= 4 is 11.0 Å². The van der Waals surface area contributed by atoms with Crippen molar-refractivity contribution in [2.45, 2.75) is 40.2 Å². The molecule has 0 aliphatic carbocycles. The Balaban J connectivity index is 1.74. The summed E-state index contributed by atoms with van der Waals surface area (Å²) in [6.45, 7) is 8.81. The molecule has 0 radical (unpaired) electrons. The fourth-order valence-corrected chi connectivity index (χ4v) is 4.24. The second kappa shape index (κ2) is 9.02. The van der Waals surface area contributed by atoms with Gasteiger partial charge < -0.3 is 19.0 Å². The van der Waals surface area contributed by atoms with E-state index in [0.29, 0.717) is 52.9 Å². The van der Waals surface area contributed by atoms with E-state index in [-0.39, 0.29) is 16.9 Å². The van der Waals surface area contributed by atoms with E-state index in [9.17, 15) is 9.90 Å². The molecule has 6 heteroatoms. The van der Waals surface area contributed by atoms with E-state index < -0.39 is 0 Å². The van der Waals surface area contributed by atoms with E-state index in [4.69, 9.17) is 13.9 Å². The topological polar surface area (TPSA) is 72.1 Å². The second-order valence-electron chi connectivity index (χ2n) is 8.22. The maximum atomic E-state index is 13.3. The zero-order valence-electron chi connectivity index (χ0n) is 18.3. The highest BCUT2D eigenvalue weighted by Gasteiger charge is 2.23. The lowest BCUT2D eigenvalue weighted by atomic mass is 9.99. The number of para-hydroxylation sites is 2. The van der Waals surface area contributed by atoms with E-state index >= 15 is 0 Å². The van der Waals surface area contributed by atoms with Crippen LogP contribution in [0.15, 0.2) is 45.6 Å². The second-order valence-corrected chi connectivity index (χ2v) is 8.22. The Labute approximate surface area is 182 Å². The first-order valence-electron chi connectivity index (χ1n) is 10.9. The quantitative estimate of drug-likeness (QED) is 0.585. The molecule has 1 fully saturated rings. The smallest absolute Gasteiger partial charge is 0.235 e. The van der Waals surface area contributed by atoms with Crippen LogP contribution in [0.5, 0.6) is 23.0 Å². The third-order valence-corrected chi connectivity index (χ3v) is 5.75. The number of hydrogen-bond acceptors (Lipinski definition) is 6. The Hall–Kier alpha value is -2.99. The molecule has 3 aromatic rings. The van der Waals surface area contributed by atoms with Crippen LogP contribution in [0.2, 0.25) is 0 Å². The molecule has 6 nitrogen and oxygen atoms in total. The molecule has 164 valence electrons. The van der Waals surface area contributed by atoms with Crippen LogP contribution in [0.25, 0.3) is 11.0 Å². The first kappa shape index (κ1) is 21.2. The molecular weight excluding hydrogens is 394 g/mol. The van der Waals surface area contributed by atoms with E-state index in [0.717, 1.165) is 19.5 Å². The summed E-state index contributed by atoms with van der Waals surface area (Å²) in [7, 11) is 0. The fourth-order valence-electron chi connectivity index (χ4n) is 4.24. The normalized spacial score (nSPS) is 17.1. The number of aryl methyl sites for hydroxylation is 1. The molecule has 0 spiro atoms. The largest absolute Gasteiger partial charge is 0.507 e. The minimum absolute atomic E-state index is 0.128. The molecule has 2 heterocycles. The number of likely N-dealkylation sites (tertiary alicyclic amines) is 1. The summed E-state index contributed by atoms with van der Waals surface area (Å²) >= 11 is 0. The monoisotopic (exact) mass is 423 g/mol. The van der Waals surface area contributed by atoms with Crippen LogP contribution in [-0.2, 0) is 6.54 Å². The number of phenolic OH excluding ortho intramolecular Hbond substituents is 1. The van der Waals surface area contributed by atoms with Gasteiger partial charge in [-0.3, -0.25) is 9.69 Å². The van der Waals surface area contributed by atoms with Crippen molar-refractivity contribution in [3.63, 3.8) is 0 Å². The Morgan fingerprint density at radius 1 is 1.19 bits per heavy atom. The van der Waals surface area contributed by atoms with Crippen LogP contribution in [0.3, 0.4) is 0 Å². The predicted molar refractivity (Wildman–Crippen MR) is 120 cm³/mol. The van der Waals surface area contributed by atoms with Crippen LogP contribution in [0.4, 0.5) is 0 Å². The number of phenols is 1. The van der Waals surface area contributed by atoms with Gasteiger partial charge in [-0.05, 0) is 63.4 Å². The van der Waals surface area contributed by atoms with E-state index in [1.54, 1.807) is 31.2 Å². The van der Waals surface area contributed by atoms with Crippen LogP contribution in [-0.4, -0.2) is 29.7 Å². The van der Waals surface area contributed by atoms with Gasteiger partial charge in [-0.15, -0.1) is 0 Å². The zero-order chi connectivity index (χ0) is 22.0. The Morgan fingerprint density at radius 2 is 1.97 bits per heavy atom. The van der Waals surface area contributed by atoms with Crippen LogP contribution in [0.1, 0.15) is 38.0 Å². The summed E-state index contributed by atoms with van der Waals surface area (Å²) in [5.41, 5.74) is 0.803. The predicted octanol–water partition coefficient (Wildman–Crippen LogP) is 5.23. The molecule has 1 aliphatic heterocycles. The van der Waals surface area contributed by atoms with Crippen LogP contribution < -0.4 is 14.9 Å². The van der Waals surface area contributed by atoms with E-state index in [1.807, 2.05) is 19.1 Å². The van der Waals surface area contributed by atoms with Crippen molar-refractivity contribution in [2.75, 3.05) is 19.7 Å². The summed E-state index contributed by atoms with van der Waals surface area (Å²) in [6, 6.07) is 10.4. The molecule has 0 bridgehead atoms. The van der Waals surface area contributed by atoms with Gasteiger partial charge in [0.1, 0.15) is 17.1 Å². The van der Waals surface area contributed by atoms with Gasteiger partial charge in [-0.25, -0.2) is 0 Å². The molecular formula is C25H29NO5. The first-order valence-corrected chi connectivity index (χ1v) is 10.9. The third-order valence-electron chi connectivity index (χ3n) is 5.75. The molecule has 2 aromatic carbocycles. The lowest BCUT2D eigenvalue weighted by Crippen LogP contribution is -2.33. The molecule has 1 saturated heterocycles. The van der Waals surface area contributed by atoms with Crippen molar-refractivity contribution in [3.8, 4) is 23.0 Å². The Bertz CT molecular complexity index is 1140. The maximum absolute atomic E-state index is 13.3. The molecule has 1 aromatic heterocycles. The van der Waals surface area contributed by atoms with Gasteiger partial charge in [-0.2, -0.15) is 0 Å². The van der Waals surface area contributed by atoms with Gasteiger partial charge in [0.25, 0.3) is 0 Å². The molecule has 1 N–H and O–H groups in total. The molecule has 0 saturated carbocycles. The number of piperidine rings is 1. The van der Waals surface area contributed by atoms with Crippen molar-refractivity contribution in [1.29, 1.82) is 0 Å². The van der Waals surface area contributed by atoms with Gasteiger partial charge in [0.15, 0.2) is 11.5 Å². The highest BCUT2D eigenvalue weighted by molar-refractivity contribution is 5.83. The fraction of sp³-hybridized carbons (Fsp3) is 0.400. The first-order chi connectivity index (χ1) is 15.0. The molecule has 4 rings (SSSR count). The van der Waals surface area contributed by atoms with Gasteiger partial charge in [0, 0.05) is 13.1 Å². The minimum atomic E-state index is -0.265. The van der Waals surface area contributed by atoms with Crippen molar-refractivity contribution in [1.82, 2.24) is 4.90 Å². The molecule has 0 amide bonds. The van der Waals surface area contributed by atoms with Crippen molar-refractivity contribution in [2.24, 2.45) is 5.92 Å². The number of ether oxygens (including phenoxy) is 2. The summed E-state index contributed by atoms with van der Waals surface area (Å²) in [5, 5.41) is 10.9. The minimum Gasteiger partial charge on any atom is -0.507 e. The highest BCUT2D eigenvalue weighted by atomic mass is 16.5. The summed E-state index contributed by atoms with van der Waals surface area (Å²) < 4.78 is 17.6. The lowest BCUT2D eigenvalue weighted by Gasteiger charge is -2.31. The average molecular weight is 424 g/mol. The summed E-state index contributed by atoms with van der Waals surface area (Å²) in [6.07, 6.45) is 2.35. The Kier molecular flexibility index (Phi) is 6.18. The summed E-state index contributed by atoms with van der Waals surface area (Å²) in [5.74, 6) is 2.27. The van der Waals surface area contributed by atoms with Gasteiger partial charge in [0.05, 0.1) is 17.6 Å². The number of nitrogens with zero attached hydrogens (tertiary/aromatic N) is 1. The van der Waals surface area contributed by atoms with Gasteiger partial charge in [0.2, 0.25) is 11.2 Å². The highest BCUT2D eigenvalue weighted by Crippen LogP contribution is 2.35. The number of fused-ring (bicyclic) bond motifs is 1. The van der Waals surface area contributed by atoms with Gasteiger partial charge in [-0.1, -0.05) is 19.1 Å². The van der Waals surface area contributed by atoms with Crippen molar-refractivity contribution < 1.29 is 19.0 Å². The Morgan fingerprint density at radius 3 is 2.71 bits per heavy atom. The number of aromatic hydroxyl groups is 1. The lowest BCUT2D eigenvalue weighted by molar-refractivity contribution is 0.175. The van der Waals surface area contributed by atoms with Gasteiger partial charge >= 0.3 is 0 Å².